The summed E-state index contributed by atoms with van der Waals surface area (Å²) in [6.07, 6.45) is 1.91. The van der Waals surface area contributed by atoms with Gasteiger partial charge in [0.1, 0.15) is 11.9 Å². The van der Waals surface area contributed by atoms with Crippen molar-refractivity contribution in [2.75, 3.05) is 7.05 Å². The minimum Gasteiger partial charge on any atom is -0.357 e. The molecule has 0 fully saturated rings. The molecule has 0 saturated carbocycles. The van der Waals surface area contributed by atoms with Gasteiger partial charge in [0.25, 0.3) is 0 Å². The zero-order chi connectivity index (χ0) is 19.8. The number of likely N-dealkylation sites (N-methyl/N-ethyl adjacent to an activating group) is 1. The van der Waals surface area contributed by atoms with Gasteiger partial charge in [0.15, 0.2) is 0 Å². The highest BCUT2D eigenvalue weighted by Gasteiger charge is 2.25. The van der Waals surface area contributed by atoms with E-state index in [0.717, 1.165) is 17.5 Å². The van der Waals surface area contributed by atoms with E-state index in [1.54, 1.807) is 31.0 Å². The molecule has 2 amide bonds. The van der Waals surface area contributed by atoms with Crippen molar-refractivity contribution in [3.8, 4) is 0 Å². The molecule has 144 valence electrons. The number of aryl methyl sites for hydroxylation is 2. The zero-order valence-electron chi connectivity index (χ0n) is 16.2. The first-order valence-corrected chi connectivity index (χ1v) is 9.28. The number of amides is 2. The van der Waals surface area contributed by atoms with E-state index in [0.29, 0.717) is 12.8 Å². The summed E-state index contributed by atoms with van der Waals surface area (Å²) in [5, 5.41) is 2.59. The summed E-state index contributed by atoms with van der Waals surface area (Å²) in [4.78, 5) is 26.5. The minimum atomic E-state index is -0.602. The third-order valence-corrected chi connectivity index (χ3v) is 4.74. The van der Waals surface area contributed by atoms with Crippen LogP contribution in [-0.4, -0.2) is 29.8 Å². The molecule has 2 rings (SSSR count). The first-order chi connectivity index (χ1) is 12.9. The number of hydrogen-bond acceptors (Lipinski definition) is 2. The number of carbonyl (C=O) groups excluding carboxylic acids is 2. The third kappa shape index (κ3) is 5.91. The second-order valence-corrected chi connectivity index (χ2v) is 6.61. The van der Waals surface area contributed by atoms with E-state index in [1.807, 2.05) is 12.1 Å². The third-order valence-electron chi connectivity index (χ3n) is 4.74. The molecule has 0 aliphatic heterocycles. The molecule has 1 N–H and O–H groups in total. The second kappa shape index (κ2) is 9.86. The van der Waals surface area contributed by atoms with Gasteiger partial charge in [-0.05, 0) is 48.6 Å². The second-order valence-electron chi connectivity index (χ2n) is 6.61. The van der Waals surface area contributed by atoms with Crippen molar-refractivity contribution in [2.45, 2.75) is 45.7 Å². The summed E-state index contributed by atoms with van der Waals surface area (Å²) in [6.45, 7) is 4.07. The summed E-state index contributed by atoms with van der Waals surface area (Å²) >= 11 is 0. The first-order valence-electron chi connectivity index (χ1n) is 9.28. The smallest absolute Gasteiger partial charge is 0.242 e. The molecule has 0 aliphatic rings. The van der Waals surface area contributed by atoms with Crippen molar-refractivity contribution < 1.29 is 14.0 Å². The Balaban J connectivity index is 2.09. The van der Waals surface area contributed by atoms with E-state index in [9.17, 15) is 14.0 Å². The number of halogens is 1. The average Bonchev–Trinajstić information content (AvgIpc) is 2.70. The molecule has 0 heterocycles. The Kier molecular flexibility index (Phi) is 7.53. The van der Waals surface area contributed by atoms with Gasteiger partial charge in [-0.15, -0.1) is 0 Å². The number of carbonyl (C=O) groups is 2. The Labute approximate surface area is 160 Å². The maximum Gasteiger partial charge on any atom is 0.242 e. The molecule has 5 heteroatoms. The van der Waals surface area contributed by atoms with Crippen LogP contribution in [0.3, 0.4) is 0 Å². The molecule has 1 atom stereocenters. The van der Waals surface area contributed by atoms with Crippen molar-refractivity contribution in [3.63, 3.8) is 0 Å². The van der Waals surface area contributed by atoms with Crippen LogP contribution in [0.1, 0.15) is 37.0 Å². The first kappa shape index (κ1) is 20.6. The molecule has 2 aromatic rings. The molecule has 0 spiro atoms. The van der Waals surface area contributed by atoms with Crippen LogP contribution in [0.4, 0.5) is 4.39 Å². The lowest BCUT2D eigenvalue weighted by molar-refractivity contribution is -0.140. The number of benzene rings is 2. The highest BCUT2D eigenvalue weighted by Crippen LogP contribution is 2.14. The SMILES string of the molecule is CCc1ccc(CCC(=O)N(Cc2ccc(F)cc2)[C@@H](C)C(=O)NC)cc1. The van der Waals surface area contributed by atoms with E-state index >= 15 is 0 Å². The molecule has 4 nitrogen and oxygen atoms in total. The minimum absolute atomic E-state index is 0.102. The van der Waals surface area contributed by atoms with Gasteiger partial charge < -0.3 is 10.2 Å². The fourth-order valence-corrected chi connectivity index (χ4v) is 2.91. The van der Waals surface area contributed by atoms with Gasteiger partial charge in [-0.3, -0.25) is 9.59 Å². The monoisotopic (exact) mass is 370 g/mol. The largest absolute Gasteiger partial charge is 0.357 e. The normalized spacial score (nSPS) is 11.7. The lowest BCUT2D eigenvalue weighted by Gasteiger charge is -2.28. The van der Waals surface area contributed by atoms with Crippen LogP contribution in [0.2, 0.25) is 0 Å². The van der Waals surface area contributed by atoms with Crippen LogP contribution >= 0.6 is 0 Å². The zero-order valence-corrected chi connectivity index (χ0v) is 16.2. The molecule has 0 bridgehead atoms. The number of nitrogens with zero attached hydrogens (tertiary/aromatic N) is 1. The molecule has 0 unspecified atom stereocenters. The number of rotatable bonds is 8. The Bertz CT molecular complexity index is 757. The summed E-state index contributed by atoms with van der Waals surface area (Å²) in [5.74, 6) is -0.653. The van der Waals surface area contributed by atoms with E-state index in [-0.39, 0.29) is 24.2 Å². The quantitative estimate of drug-likeness (QED) is 0.773. The molecular weight excluding hydrogens is 343 g/mol. The van der Waals surface area contributed by atoms with E-state index in [4.69, 9.17) is 0 Å². The molecule has 27 heavy (non-hydrogen) atoms. The molecular formula is C22H27FN2O2. The van der Waals surface area contributed by atoms with Crippen molar-refractivity contribution >= 4 is 11.8 Å². The predicted octanol–water partition coefficient (Wildman–Crippen LogP) is 3.48. The predicted molar refractivity (Wildman–Crippen MR) is 105 cm³/mol. The summed E-state index contributed by atoms with van der Waals surface area (Å²) < 4.78 is 13.1. The highest BCUT2D eigenvalue weighted by atomic mass is 19.1. The van der Waals surface area contributed by atoms with Gasteiger partial charge in [-0.2, -0.15) is 0 Å². The Morgan fingerprint density at radius 1 is 1.00 bits per heavy atom. The summed E-state index contributed by atoms with van der Waals surface area (Å²) in [5.41, 5.74) is 3.14. The maximum absolute atomic E-state index is 13.1. The molecule has 0 saturated heterocycles. The molecule has 2 aromatic carbocycles. The van der Waals surface area contributed by atoms with Crippen molar-refractivity contribution in [1.82, 2.24) is 10.2 Å². The number of hydrogen-bond donors (Lipinski definition) is 1. The van der Waals surface area contributed by atoms with Crippen molar-refractivity contribution in [1.29, 1.82) is 0 Å². The Morgan fingerprint density at radius 3 is 2.11 bits per heavy atom. The van der Waals surface area contributed by atoms with Gasteiger partial charge in [-0.25, -0.2) is 4.39 Å². The topological polar surface area (TPSA) is 49.4 Å². The number of nitrogens with one attached hydrogen (secondary N) is 1. The van der Waals surface area contributed by atoms with Gasteiger partial charge in [0.2, 0.25) is 11.8 Å². The standard InChI is InChI=1S/C22H27FN2O2/c1-4-17-5-7-18(8-6-17)11-14-21(26)25(16(2)22(27)24-3)15-19-9-12-20(23)13-10-19/h5-10,12-13,16H,4,11,14-15H2,1-3H3,(H,24,27)/t16-/m0/s1. The maximum atomic E-state index is 13.1. The van der Waals surface area contributed by atoms with E-state index in [1.165, 1.54) is 17.7 Å². The Hall–Kier alpha value is -2.69. The van der Waals surface area contributed by atoms with E-state index in [2.05, 4.69) is 24.4 Å². The van der Waals surface area contributed by atoms with Gasteiger partial charge in [-0.1, -0.05) is 43.3 Å². The van der Waals surface area contributed by atoms with Crippen molar-refractivity contribution in [2.24, 2.45) is 0 Å². The van der Waals surface area contributed by atoms with Crippen LogP contribution in [0.5, 0.6) is 0 Å². The average molecular weight is 370 g/mol. The molecule has 0 radical (unpaired) electrons. The van der Waals surface area contributed by atoms with Crippen LogP contribution in [-0.2, 0) is 29.0 Å². The molecule has 0 aliphatic carbocycles. The van der Waals surface area contributed by atoms with Gasteiger partial charge in [0, 0.05) is 20.0 Å². The van der Waals surface area contributed by atoms with Crippen LogP contribution in [0.25, 0.3) is 0 Å². The van der Waals surface area contributed by atoms with Crippen molar-refractivity contribution in [3.05, 3.63) is 71.0 Å². The Morgan fingerprint density at radius 2 is 1.56 bits per heavy atom. The van der Waals surface area contributed by atoms with Crippen LogP contribution in [0, 0.1) is 5.82 Å². The highest BCUT2D eigenvalue weighted by molar-refractivity contribution is 5.87. The van der Waals surface area contributed by atoms with Crippen LogP contribution < -0.4 is 5.32 Å². The lowest BCUT2D eigenvalue weighted by Crippen LogP contribution is -2.46. The lowest BCUT2D eigenvalue weighted by atomic mass is 10.0. The van der Waals surface area contributed by atoms with Gasteiger partial charge >= 0.3 is 0 Å². The van der Waals surface area contributed by atoms with Gasteiger partial charge in [0.05, 0.1) is 0 Å². The molecule has 0 aromatic heterocycles. The fourth-order valence-electron chi connectivity index (χ4n) is 2.91. The van der Waals surface area contributed by atoms with E-state index < -0.39 is 6.04 Å². The summed E-state index contributed by atoms with van der Waals surface area (Å²) in [7, 11) is 1.55. The fraction of sp³-hybridized carbons (Fsp3) is 0.364. The summed E-state index contributed by atoms with van der Waals surface area (Å²) in [6, 6.07) is 13.6. The van der Waals surface area contributed by atoms with Crippen LogP contribution in [0.15, 0.2) is 48.5 Å².